The highest BCUT2D eigenvalue weighted by Crippen LogP contribution is 2.33. The first-order chi connectivity index (χ1) is 11.2. The van der Waals surface area contributed by atoms with E-state index in [-0.39, 0.29) is 22.7 Å². The van der Waals surface area contributed by atoms with Crippen LogP contribution in [0.1, 0.15) is 21.5 Å². The van der Waals surface area contributed by atoms with Gasteiger partial charge in [-0.25, -0.2) is 9.82 Å². The average molecular weight is 426 g/mol. The topological polar surface area (TPSA) is 41.1 Å². The van der Waals surface area contributed by atoms with Crippen molar-refractivity contribution in [3.05, 3.63) is 68.4 Å². The molecule has 0 heterocycles. The van der Waals surface area contributed by atoms with Crippen molar-refractivity contribution in [2.75, 3.05) is 0 Å². The molecule has 0 aromatic heterocycles. The van der Waals surface area contributed by atoms with Gasteiger partial charge in [0.15, 0.2) is 0 Å². The summed E-state index contributed by atoms with van der Waals surface area (Å²) >= 11 is 8.69. The Balaban J connectivity index is 2.07. The monoisotopic (exact) mass is 424 g/mol. The molecule has 2 N–H and O–H groups in total. The zero-order valence-electron chi connectivity index (χ0n) is 11.8. The van der Waals surface area contributed by atoms with E-state index < -0.39 is 23.5 Å². The van der Waals surface area contributed by atoms with Crippen molar-refractivity contribution in [1.82, 2.24) is 10.9 Å². The van der Waals surface area contributed by atoms with Crippen molar-refractivity contribution < 1.29 is 22.4 Å². The van der Waals surface area contributed by atoms with Gasteiger partial charge in [0.05, 0.1) is 11.1 Å². The quantitative estimate of drug-likeness (QED) is 0.551. The van der Waals surface area contributed by atoms with Gasteiger partial charge in [0.2, 0.25) is 0 Å². The molecule has 128 valence electrons. The predicted molar refractivity (Wildman–Crippen MR) is 84.9 cm³/mol. The van der Waals surface area contributed by atoms with Gasteiger partial charge in [-0.2, -0.15) is 13.2 Å². The van der Waals surface area contributed by atoms with Crippen LogP contribution >= 0.6 is 27.5 Å². The minimum atomic E-state index is -4.58. The lowest BCUT2D eigenvalue weighted by Gasteiger charge is -2.14. The molecule has 0 saturated heterocycles. The molecule has 2 rings (SSSR count). The fraction of sp³-hybridized carbons (Fsp3) is 0.133. The summed E-state index contributed by atoms with van der Waals surface area (Å²) in [5.41, 5.74) is 3.25. The van der Waals surface area contributed by atoms with Crippen molar-refractivity contribution >= 4 is 33.4 Å². The van der Waals surface area contributed by atoms with Gasteiger partial charge in [-0.3, -0.25) is 10.2 Å². The van der Waals surface area contributed by atoms with Gasteiger partial charge in [-0.1, -0.05) is 33.6 Å². The Morgan fingerprint density at radius 1 is 1.17 bits per heavy atom. The van der Waals surface area contributed by atoms with E-state index in [0.717, 1.165) is 12.1 Å². The van der Waals surface area contributed by atoms with E-state index in [9.17, 15) is 22.4 Å². The van der Waals surface area contributed by atoms with Crippen LogP contribution in [0.5, 0.6) is 0 Å². The largest absolute Gasteiger partial charge is 0.416 e. The average Bonchev–Trinajstić information content (AvgIpc) is 2.50. The van der Waals surface area contributed by atoms with E-state index in [4.69, 9.17) is 11.6 Å². The Hall–Kier alpha value is -1.64. The van der Waals surface area contributed by atoms with Crippen LogP contribution in [0.25, 0.3) is 0 Å². The maximum atomic E-state index is 13.6. The first-order valence-electron chi connectivity index (χ1n) is 6.52. The molecule has 3 nitrogen and oxygen atoms in total. The third-order valence-corrected chi connectivity index (χ3v) is 3.76. The Labute approximate surface area is 148 Å². The highest BCUT2D eigenvalue weighted by molar-refractivity contribution is 9.10. The highest BCUT2D eigenvalue weighted by atomic mass is 79.9. The van der Waals surface area contributed by atoms with Gasteiger partial charge < -0.3 is 0 Å². The zero-order valence-corrected chi connectivity index (χ0v) is 14.2. The standard InChI is InChI=1S/C15H10BrClF4N2O/c16-9-2-4-13(18)11(5-9)14(24)23-22-7-8-1-3-10(17)6-12(8)15(19,20)21/h1-6,22H,7H2,(H,23,24). The van der Waals surface area contributed by atoms with Gasteiger partial charge in [-0.05, 0) is 35.9 Å². The molecule has 0 aliphatic carbocycles. The second-order valence-corrected chi connectivity index (χ2v) is 6.08. The van der Waals surface area contributed by atoms with Crippen molar-refractivity contribution in [2.24, 2.45) is 0 Å². The van der Waals surface area contributed by atoms with E-state index in [1.54, 1.807) is 0 Å². The van der Waals surface area contributed by atoms with E-state index in [1.165, 1.54) is 24.3 Å². The summed E-state index contributed by atoms with van der Waals surface area (Å²) in [6.07, 6.45) is -4.58. The van der Waals surface area contributed by atoms with Gasteiger partial charge in [0.25, 0.3) is 5.91 Å². The molecule has 0 aliphatic rings. The van der Waals surface area contributed by atoms with Gasteiger partial charge in [0, 0.05) is 16.0 Å². The summed E-state index contributed by atoms with van der Waals surface area (Å²) in [7, 11) is 0. The molecular formula is C15H10BrClF4N2O. The number of alkyl halides is 3. The van der Waals surface area contributed by atoms with Crippen molar-refractivity contribution in [2.45, 2.75) is 12.7 Å². The molecule has 2 aromatic carbocycles. The lowest BCUT2D eigenvalue weighted by atomic mass is 10.1. The minimum absolute atomic E-state index is 0.0497. The van der Waals surface area contributed by atoms with E-state index >= 15 is 0 Å². The van der Waals surface area contributed by atoms with E-state index in [1.807, 2.05) is 0 Å². The van der Waals surface area contributed by atoms with Crippen LogP contribution < -0.4 is 10.9 Å². The third-order valence-electron chi connectivity index (χ3n) is 3.03. The number of nitrogens with one attached hydrogen (secondary N) is 2. The van der Waals surface area contributed by atoms with Crippen molar-refractivity contribution in [3.8, 4) is 0 Å². The van der Waals surface area contributed by atoms with E-state index in [2.05, 4.69) is 26.8 Å². The molecule has 0 aliphatic heterocycles. The molecule has 0 bridgehead atoms. The molecule has 2 aromatic rings. The van der Waals surface area contributed by atoms with Crippen LogP contribution in [0, 0.1) is 5.82 Å². The molecule has 0 saturated carbocycles. The SMILES string of the molecule is O=C(NNCc1ccc(Cl)cc1C(F)(F)F)c1cc(Br)ccc1F. The Kier molecular flexibility index (Phi) is 5.84. The number of benzene rings is 2. The summed E-state index contributed by atoms with van der Waals surface area (Å²) in [4.78, 5) is 11.9. The first kappa shape index (κ1) is 18.7. The molecule has 0 spiro atoms. The molecule has 1 amide bonds. The zero-order chi connectivity index (χ0) is 17.9. The van der Waals surface area contributed by atoms with Crippen molar-refractivity contribution in [3.63, 3.8) is 0 Å². The number of rotatable bonds is 4. The van der Waals surface area contributed by atoms with Crippen LogP contribution in [0.2, 0.25) is 5.02 Å². The normalized spacial score (nSPS) is 11.4. The number of carbonyl (C=O) groups excluding carboxylic acids is 1. The second-order valence-electron chi connectivity index (χ2n) is 4.73. The number of carbonyl (C=O) groups is 1. The molecule has 9 heteroatoms. The van der Waals surface area contributed by atoms with Crippen LogP contribution in [0.15, 0.2) is 40.9 Å². The molecule has 0 unspecified atom stereocenters. The maximum Gasteiger partial charge on any atom is 0.416 e. The molecule has 0 fully saturated rings. The number of hydrazine groups is 1. The van der Waals surface area contributed by atoms with Gasteiger partial charge >= 0.3 is 6.18 Å². The van der Waals surface area contributed by atoms with E-state index in [0.29, 0.717) is 4.47 Å². The molecular weight excluding hydrogens is 416 g/mol. The maximum absolute atomic E-state index is 13.6. The summed E-state index contributed by atoms with van der Waals surface area (Å²) in [5.74, 6) is -1.56. The smallest absolute Gasteiger partial charge is 0.287 e. The highest BCUT2D eigenvalue weighted by Gasteiger charge is 2.33. The lowest BCUT2D eigenvalue weighted by molar-refractivity contribution is -0.138. The minimum Gasteiger partial charge on any atom is -0.287 e. The molecule has 0 radical (unpaired) electrons. The lowest BCUT2D eigenvalue weighted by Crippen LogP contribution is -2.37. The number of amides is 1. The van der Waals surface area contributed by atoms with Crippen molar-refractivity contribution in [1.29, 1.82) is 0 Å². The summed E-state index contributed by atoms with van der Waals surface area (Å²) < 4.78 is 52.9. The van der Waals surface area contributed by atoms with Crippen LogP contribution in [-0.4, -0.2) is 5.91 Å². The summed E-state index contributed by atoms with van der Waals surface area (Å²) in [6.45, 7) is -0.312. The summed E-state index contributed by atoms with van der Waals surface area (Å²) in [6, 6.07) is 7.08. The molecule has 0 atom stereocenters. The number of hydrogen-bond acceptors (Lipinski definition) is 2. The summed E-state index contributed by atoms with van der Waals surface area (Å²) in [5, 5.41) is -0.0497. The molecule has 24 heavy (non-hydrogen) atoms. The Morgan fingerprint density at radius 2 is 1.88 bits per heavy atom. The van der Waals surface area contributed by atoms with Crippen LogP contribution in [0.3, 0.4) is 0 Å². The van der Waals surface area contributed by atoms with Gasteiger partial charge in [-0.15, -0.1) is 0 Å². The fourth-order valence-corrected chi connectivity index (χ4v) is 2.46. The fourth-order valence-electron chi connectivity index (χ4n) is 1.93. The van der Waals surface area contributed by atoms with Crippen LogP contribution in [-0.2, 0) is 12.7 Å². The van der Waals surface area contributed by atoms with Crippen LogP contribution in [0.4, 0.5) is 17.6 Å². The second kappa shape index (κ2) is 7.50. The third kappa shape index (κ3) is 4.68. The van der Waals surface area contributed by atoms with Gasteiger partial charge in [0.1, 0.15) is 5.82 Å². The predicted octanol–water partition coefficient (Wildman–Crippen LogP) is 4.70. The Morgan fingerprint density at radius 3 is 2.54 bits per heavy atom. The number of hydrogen-bond donors (Lipinski definition) is 2. The first-order valence-corrected chi connectivity index (χ1v) is 7.69. The Bertz CT molecular complexity index is 768. The number of halogens is 6.